The number of hydrogen-bond donors (Lipinski definition) is 1. The topological polar surface area (TPSA) is 29.1 Å². The van der Waals surface area contributed by atoms with E-state index in [0.717, 1.165) is 35.5 Å². The first-order valence-electron chi connectivity index (χ1n) is 7.93. The number of hydrogen-bond acceptors (Lipinski definition) is 2. The largest absolute Gasteiger partial charge is 0.325 e. The fourth-order valence-corrected chi connectivity index (χ4v) is 3.17. The number of carbonyl (C=O) groups is 1. The van der Waals surface area contributed by atoms with Crippen LogP contribution in [0.3, 0.4) is 0 Å². The molecule has 2 rings (SSSR count). The summed E-state index contributed by atoms with van der Waals surface area (Å²) in [4.78, 5) is 12.7. The van der Waals surface area contributed by atoms with Gasteiger partial charge in [-0.3, -0.25) is 4.79 Å². The Balaban J connectivity index is 2.09. The molecular formula is C19H21F2NOS. The van der Waals surface area contributed by atoms with Crippen molar-refractivity contribution in [2.45, 2.75) is 43.3 Å². The van der Waals surface area contributed by atoms with Gasteiger partial charge in [0.25, 0.3) is 0 Å². The molecule has 1 N–H and O–H groups in total. The van der Waals surface area contributed by atoms with Crippen molar-refractivity contribution in [3.8, 4) is 0 Å². The molecule has 1 amide bonds. The van der Waals surface area contributed by atoms with Gasteiger partial charge in [-0.1, -0.05) is 32.0 Å². The molecule has 2 aromatic carbocycles. The van der Waals surface area contributed by atoms with E-state index in [4.69, 9.17) is 0 Å². The smallest absolute Gasteiger partial charge is 0.237 e. The zero-order chi connectivity index (χ0) is 17.7. The fraction of sp³-hybridized carbons (Fsp3) is 0.316. The maximum atomic E-state index is 13.7. The van der Waals surface area contributed by atoms with Crippen molar-refractivity contribution in [2.75, 3.05) is 5.32 Å². The summed E-state index contributed by atoms with van der Waals surface area (Å²) in [5.74, 6) is -1.16. The first kappa shape index (κ1) is 18.5. The number of anilines is 1. The van der Waals surface area contributed by atoms with Crippen molar-refractivity contribution < 1.29 is 13.6 Å². The van der Waals surface area contributed by atoms with E-state index < -0.39 is 16.9 Å². The second-order valence-corrected chi connectivity index (χ2v) is 7.10. The van der Waals surface area contributed by atoms with Gasteiger partial charge in [-0.25, -0.2) is 8.78 Å². The van der Waals surface area contributed by atoms with E-state index >= 15 is 0 Å². The van der Waals surface area contributed by atoms with Crippen LogP contribution in [-0.4, -0.2) is 11.2 Å². The first-order valence-corrected chi connectivity index (χ1v) is 8.81. The Morgan fingerprint density at radius 3 is 2.54 bits per heavy atom. The standard InChI is InChI=1S/C19H21F2NOS/c1-4-12(2)15-7-5-6-8-17(15)22-19(23)13(3)24-18-10-9-14(20)11-16(18)21/h5-13H,4H2,1-3H3,(H,22,23)/t12-,13+/m0/s1. The number of rotatable bonds is 6. The summed E-state index contributed by atoms with van der Waals surface area (Å²) in [5.41, 5.74) is 1.86. The van der Waals surface area contributed by atoms with Gasteiger partial charge in [0, 0.05) is 16.6 Å². The van der Waals surface area contributed by atoms with Crippen molar-refractivity contribution in [2.24, 2.45) is 0 Å². The normalized spacial score (nSPS) is 13.4. The number of halogens is 2. The summed E-state index contributed by atoms with van der Waals surface area (Å²) in [7, 11) is 0. The minimum Gasteiger partial charge on any atom is -0.325 e. The van der Waals surface area contributed by atoms with Crippen LogP contribution < -0.4 is 5.32 Å². The number of carbonyl (C=O) groups excluding carboxylic acids is 1. The lowest BCUT2D eigenvalue weighted by Gasteiger charge is -2.18. The Bertz CT molecular complexity index is 720. The van der Waals surface area contributed by atoms with Gasteiger partial charge in [0.1, 0.15) is 11.6 Å². The Morgan fingerprint density at radius 1 is 1.17 bits per heavy atom. The molecule has 128 valence electrons. The zero-order valence-corrected chi connectivity index (χ0v) is 14.8. The van der Waals surface area contributed by atoms with Gasteiger partial charge >= 0.3 is 0 Å². The molecule has 0 aliphatic carbocycles. The summed E-state index contributed by atoms with van der Waals surface area (Å²) < 4.78 is 26.7. The molecule has 2 aromatic rings. The lowest BCUT2D eigenvalue weighted by Crippen LogP contribution is -2.23. The van der Waals surface area contributed by atoms with Gasteiger partial charge in [0.2, 0.25) is 5.91 Å². The molecule has 5 heteroatoms. The minimum absolute atomic E-state index is 0.209. The van der Waals surface area contributed by atoms with E-state index in [2.05, 4.69) is 19.2 Å². The monoisotopic (exact) mass is 349 g/mol. The Labute approximate surface area is 145 Å². The predicted octanol–water partition coefficient (Wildman–Crippen LogP) is 5.60. The SMILES string of the molecule is CC[C@H](C)c1ccccc1NC(=O)[C@@H](C)Sc1ccc(F)cc1F. The van der Waals surface area contributed by atoms with E-state index in [1.165, 1.54) is 12.1 Å². The summed E-state index contributed by atoms with van der Waals surface area (Å²) in [6.45, 7) is 5.91. The Hall–Kier alpha value is -1.88. The first-order chi connectivity index (χ1) is 11.4. The third kappa shape index (κ3) is 4.57. The summed E-state index contributed by atoms with van der Waals surface area (Å²) in [6.07, 6.45) is 0.970. The van der Waals surface area contributed by atoms with Crippen molar-refractivity contribution in [3.05, 3.63) is 59.7 Å². The molecule has 0 saturated heterocycles. The van der Waals surface area contributed by atoms with Gasteiger partial charge in [0.05, 0.1) is 5.25 Å². The number of amides is 1. The number of thioether (sulfide) groups is 1. The maximum absolute atomic E-state index is 13.7. The van der Waals surface area contributed by atoms with E-state index in [1.807, 2.05) is 24.3 Å². The molecule has 0 aliphatic rings. The van der Waals surface area contributed by atoms with E-state index in [0.29, 0.717) is 5.92 Å². The average Bonchev–Trinajstić information content (AvgIpc) is 2.57. The average molecular weight is 349 g/mol. The molecule has 2 atom stereocenters. The van der Waals surface area contributed by atoms with E-state index in [1.54, 1.807) is 6.92 Å². The fourth-order valence-electron chi connectivity index (χ4n) is 2.31. The maximum Gasteiger partial charge on any atom is 0.237 e. The van der Waals surface area contributed by atoms with E-state index in [-0.39, 0.29) is 10.8 Å². The highest BCUT2D eigenvalue weighted by molar-refractivity contribution is 8.00. The number of nitrogens with one attached hydrogen (secondary N) is 1. The second kappa shape index (κ2) is 8.29. The Kier molecular flexibility index (Phi) is 6.37. The highest BCUT2D eigenvalue weighted by atomic mass is 32.2. The molecule has 0 heterocycles. The molecule has 2 nitrogen and oxygen atoms in total. The molecule has 0 saturated carbocycles. The molecule has 24 heavy (non-hydrogen) atoms. The van der Waals surface area contributed by atoms with Crippen molar-refractivity contribution in [1.82, 2.24) is 0 Å². The summed E-state index contributed by atoms with van der Waals surface area (Å²) in [5, 5.41) is 2.42. The van der Waals surface area contributed by atoms with Crippen LogP contribution in [0.25, 0.3) is 0 Å². The van der Waals surface area contributed by atoms with Crippen LogP contribution >= 0.6 is 11.8 Å². The van der Waals surface area contributed by atoms with Crippen LogP contribution in [0.5, 0.6) is 0 Å². The molecule has 0 aliphatic heterocycles. The van der Waals surface area contributed by atoms with Crippen LogP contribution in [0, 0.1) is 11.6 Å². The van der Waals surface area contributed by atoms with Crippen LogP contribution in [0.4, 0.5) is 14.5 Å². The van der Waals surface area contributed by atoms with Crippen LogP contribution in [-0.2, 0) is 4.79 Å². The van der Waals surface area contributed by atoms with Crippen molar-refractivity contribution in [3.63, 3.8) is 0 Å². The third-order valence-corrected chi connectivity index (χ3v) is 5.08. The van der Waals surface area contributed by atoms with Crippen molar-refractivity contribution >= 4 is 23.4 Å². The van der Waals surface area contributed by atoms with Gasteiger partial charge in [-0.05, 0) is 43.0 Å². The van der Waals surface area contributed by atoms with Gasteiger partial charge in [-0.15, -0.1) is 11.8 Å². The van der Waals surface area contributed by atoms with Crippen molar-refractivity contribution in [1.29, 1.82) is 0 Å². The van der Waals surface area contributed by atoms with Gasteiger partial charge < -0.3 is 5.32 Å². The summed E-state index contributed by atoms with van der Waals surface area (Å²) >= 11 is 1.07. The van der Waals surface area contributed by atoms with Crippen LogP contribution in [0.2, 0.25) is 0 Å². The minimum atomic E-state index is -0.653. The molecule has 0 aromatic heterocycles. The molecule has 0 spiro atoms. The molecular weight excluding hydrogens is 328 g/mol. The second-order valence-electron chi connectivity index (χ2n) is 5.72. The lowest BCUT2D eigenvalue weighted by atomic mass is 9.97. The molecule has 0 bridgehead atoms. The Morgan fingerprint density at radius 2 is 1.88 bits per heavy atom. The van der Waals surface area contributed by atoms with Crippen LogP contribution in [0.1, 0.15) is 38.7 Å². The highest BCUT2D eigenvalue weighted by Crippen LogP contribution is 2.29. The summed E-state index contributed by atoms with van der Waals surface area (Å²) in [6, 6.07) is 11.1. The van der Waals surface area contributed by atoms with E-state index in [9.17, 15) is 13.6 Å². The number of benzene rings is 2. The highest BCUT2D eigenvalue weighted by Gasteiger charge is 2.18. The molecule has 0 radical (unpaired) electrons. The number of para-hydroxylation sites is 1. The quantitative estimate of drug-likeness (QED) is 0.688. The predicted molar refractivity (Wildman–Crippen MR) is 95.5 cm³/mol. The van der Waals surface area contributed by atoms with Gasteiger partial charge in [0.15, 0.2) is 0 Å². The lowest BCUT2D eigenvalue weighted by molar-refractivity contribution is -0.115. The zero-order valence-electron chi connectivity index (χ0n) is 14.0. The van der Waals surface area contributed by atoms with Crippen LogP contribution in [0.15, 0.2) is 47.4 Å². The van der Waals surface area contributed by atoms with Gasteiger partial charge in [-0.2, -0.15) is 0 Å². The molecule has 0 fully saturated rings. The third-order valence-electron chi connectivity index (χ3n) is 3.93. The molecule has 0 unspecified atom stereocenters.